The molecule has 0 spiro atoms. The lowest BCUT2D eigenvalue weighted by atomic mass is 10.0. The molecule has 0 aliphatic carbocycles. The van der Waals surface area contributed by atoms with Gasteiger partial charge in [0.1, 0.15) is 5.01 Å². The Kier molecular flexibility index (Phi) is 6.26. The Balaban J connectivity index is 1.63. The van der Waals surface area contributed by atoms with E-state index >= 15 is 0 Å². The van der Waals surface area contributed by atoms with Gasteiger partial charge >= 0.3 is 5.97 Å². The second-order valence-electron chi connectivity index (χ2n) is 7.23. The van der Waals surface area contributed by atoms with Crippen molar-refractivity contribution in [2.24, 2.45) is 0 Å². The van der Waals surface area contributed by atoms with Crippen molar-refractivity contribution >= 4 is 34.6 Å². The van der Waals surface area contributed by atoms with Gasteiger partial charge in [0.25, 0.3) is 5.91 Å². The minimum atomic E-state index is -0.582. The molecule has 0 aliphatic rings. The number of ether oxygens (including phenoxy) is 1. The van der Waals surface area contributed by atoms with Gasteiger partial charge in [-0.05, 0) is 37.8 Å². The number of benzene rings is 1. The van der Waals surface area contributed by atoms with Crippen LogP contribution in [0.25, 0.3) is 9.88 Å². The molecule has 1 amide bonds. The van der Waals surface area contributed by atoms with Crippen LogP contribution in [0.15, 0.2) is 53.2 Å². The molecule has 5 nitrogen and oxygen atoms in total. The van der Waals surface area contributed by atoms with E-state index in [4.69, 9.17) is 4.74 Å². The molecule has 0 bridgehead atoms. The zero-order valence-electron chi connectivity index (χ0n) is 16.0. The van der Waals surface area contributed by atoms with E-state index in [0.29, 0.717) is 6.54 Å². The predicted molar refractivity (Wildman–Crippen MR) is 112 cm³/mol. The maximum absolute atomic E-state index is 12.8. The van der Waals surface area contributed by atoms with Crippen LogP contribution in [0.2, 0.25) is 0 Å². The molecule has 0 saturated carbocycles. The third kappa shape index (κ3) is 5.05. The Labute approximate surface area is 172 Å². The summed E-state index contributed by atoms with van der Waals surface area (Å²) in [6, 6.07) is 13.6. The van der Waals surface area contributed by atoms with E-state index in [0.717, 1.165) is 15.4 Å². The number of esters is 1. The number of rotatable bonds is 6. The second kappa shape index (κ2) is 8.67. The van der Waals surface area contributed by atoms with E-state index in [2.05, 4.69) is 4.98 Å². The summed E-state index contributed by atoms with van der Waals surface area (Å²) in [5, 5.41) is 4.39. The number of carbonyl (C=O) groups is 2. The van der Waals surface area contributed by atoms with Gasteiger partial charge in [0, 0.05) is 17.5 Å². The number of amides is 1. The molecule has 3 rings (SSSR count). The van der Waals surface area contributed by atoms with E-state index < -0.39 is 11.5 Å². The molecule has 0 atom stereocenters. The fourth-order valence-corrected chi connectivity index (χ4v) is 4.23. The highest BCUT2D eigenvalue weighted by atomic mass is 32.1. The lowest BCUT2D eigenvalue weighted by Crippen LogP contribution is -2.46. The molecule has 28 heavy (non-hydrogen) atoms. The van der Waals surface area contributed by atoms with Gasteiger partial charge in [-0.3, -0.25) is 4.79 Å². The van der Waals surface area contributed by atoms with Gasteiger partial charge in [0.2, 0.25) is 0 Å². The molecule has 2 heterocycles. The van der Waals surface area contributed by atoms with Gasteiger partial charge in [-0.25, -0.2) is 9.78 Å². The van der Waals surface area contributed by atoms with Crippen molar-refractivity contribution in [3.63, 3.8) is 0 Å². The monoisotopic (exact) mass is 414 g/mol. The van der Waals surface area contributed by atoms with Crippen LogP contribution in [0.1, 0.15) is 36.8 Å². The Bertz CT molecular complexity index is 928. The van der Waals surface area contributed by atoms with Crippen molar-refractivity contribution in [2.75, 3.05) is 6.61 Å². The van der Waals surface area contributed by atoms with Crippen LogP contribution in [-0.2, 0) is 16.1 Å². The first-order valence-corrected chi connectivity index (χ1v) is 10.6. The van der Waals surface area contributed by atoms with E-state index in [1.807, 2.05) is 68.6 Å². The fraction of sp³-hybridized carbons (Fsp3) is 0.286. The topological polar surface area (TPSA) is 59.5 Å². The first kappa shape index (κ1) is 20.2. The molecular formula is C21H22N2O3S2. The summed E-state index contributed by atoms with van der Waals surface area (Å²) >= 11 is 2.95. The van der Waals surface area contributed by atoms with Gasteiger partial charge in [-0.15, -0.1) is 22.7 Å². The molecule has 0 N–H and O–H groups in total. The quantitative estimate of drug-likeness (QED) is 0.541. The highest BCUT2D eigenvalue weighted by Crippen LogP contribution is 2.28. The number of hydrogen-bond acceptors (Lipinski definition) is 6. The summed E-state index contributed by atoms with van der Waals surface area (Å²) in [6.45, 7) is 6.03. The van der Waals surface area contributed by atoms with Crippen molar-refractivity contribution in [1.82, 2.24) is 9.88 Å². The van der Waals surface area contributed by atoms with E-state index in [-0.39, 0.29) is 18.2 Å². The van der Waals surface area contributed by atoms with Crippen molar-refractivity contribution in [3.05, 3.63) is 64.5 Å². The number of aromatic nitrogens is 1. The number of hydrogen-bond donors (Lipinski definition) is 0. The summed E-state index contributed by atoms with van der Waals surface area (Å²) < 4.78 is 5.25. The number of nitrogens with zero attached hydrogens (tertiary/aromatic N) is 2. The van der Waals surface area contributed by atoms with Crippen LogP contribution in [0.4, 0.5) is 0 Å². The number of thiophene rings is 1. The summed E-state index contributed by atoms with van der Waals surface area (Å²) in [4.78, 5) is 32.1. The fourth-order valence-electron chi connectivity index (χ4n) is 2.63. The second-order valence-corrected chi connectivity index (χ2v) is 9.03. The Hall–Kier alpha value is -2.51. The van der Waals surface area contributed by atoms with Crippen molar-refractivity contribution in [2.45, 2.75) is 32.9 Å². The van der Waals surface area contributed by atoms with Crippen LogP contribution in [-0.4, -0.2) is 33.9 Å². The van der Waals surface area contributed by atoms with Crippen LogP contribution >= 0.6 is 22.7 Å². The minimum absolute atomic E-state index is 0.228. The number of thiazole rings is 1. The van der Waals surface area contributed by atoms with Crippen molar-refractivity contribution in [1.29, 1.82) is 0 Å². The molecule has 3 aromatic rings. The van der Waals surface area contributed by atoms with Crippen molar-refractivity contribution in [3.8, 4) is 9.88 Å². The molecule has 1 aromatic carbocycles. The van der Waals surface area contributed by atoms with Crippen LogP contribution in [0.5, 0.6) is 0 Å². The lowest BCUT2D eigenvalue weighted by Gasteiger charge is -2.35. The SMILES string of the molecule is CC(C)(C)N(Cc1ccccc1)C(=O)COC(=O)c1csc(-c2cccs2)n1. The lowest BCUT2D eigenvalue weighted by molar-refractivity contribution is -0.140. The van der Waals surface area contributed by atoms with E-state index in [9.17, 15) is 9.59 Å². The Morgan fingerprint density at radius 2 is 1.82 bits per heavy atom. The maximum Gasteiger partial charge on any atom is 0.358 e. The van der Waals surface area contributed by atoms with Gasteiger partial charge in [0.05, 0.1) is 4.88 Å². The standard InChI is InChI=1S/C21H22N2O3S2/c1-21(2,3)23(12-15-8-5-4-6-9-15)18(24)13-26-20(25)16-14-28-19(22-16)17-10-7-11-27-17/h4-11,14H,12-13H2,1-3H3. The normalized spacial score (nSPS) is 11.2. The minimum Gasteiger partial charge on any atom is -0.451 e. The predicted octanol–water partition coefficient (Wildman–Crippen LogP) is 4.86. The zero-order chi connectivity index (χ0) is 20.1. The van der Waals surface area contributed by atoms with Gasteiger partial charge in [-0.2, -0.15) is 0 Å². The van der Waals surface area contributed by atoms with E-state index in [1.54, 1.807) is 21.6 Å². The first-order chi connectivity index (χ1) is 13.3. The molecule has 7 heteroatoms. The summed E-state index contributed by atoms with van der Waals surface area (Å²) in [5.74, 6) is -0.820. The van der Waals surface area contributed by atoms with Crippen LogP contribution in [0.3, 0.4) is 0 Å². The summed E-state index contributed by atoms with van der Waals surface area (Å²) in [6.07, 6.45) is 0. The molecule has 0 radical (unpaired) electrons. The van der Waals surface area contributed by atoms with E-state index in [1.165, 1.54) is 11.3 Å². The van der Waals surface area contributed by atoms with Crippen molar-refractivity contribution < 1.29 is 14.3 Å². The average Bonchev–Trinajstić information content (AvgIpc) is 3.35. The number of carbonyl (C=O) groups excluding carboxylic acids is 2. The smallest absolute Gasteiger partial charge is 0.358 e. The third-order valence-electron chi connectivity index (χ3n) is 4.07. The highest BCUT2D eigenvalue weighted by Gasteiger charge is 2.27. The zero-order valence-corrected chi connectivity index (χ0v) is 17.7. The Morgan fingerprint density at radius 1 is 1.07 bits per heavy atom. The van der Waals surface area contributed by atoms with Gasteiger partial charge < -0.3 is 9.64 Å². The molecule has 0 aliphatic heterocycles. The molecular weight excluding hydrogens is 392 g/mol. The molecule has 0 saturated heterocycles. The average molecular weight is 415 g/mol. The summed E-state index contributed by atoms with van der Waals surface area (Å²) in [5.41, 5.74) is 0.857. The largest absolute Gasteiger partial charge is 0.451 e. The third-order valence-corrected chi connectivity index (χ3v) is 5.95. The molecule has 2 aromatic heterocycles. The van der Waals surface area contributed by atoms with Gasteiger partial charge in [0.15, 0.2) is 12.3 Å². The highest BCUT2D eigenvalue weighted by molar-refractivity contribution is 7.20. The van der Waals surface area contributed by atoms with Gasteiger partial charge in [-0.1, -0.05) is 36.4 Å². The first-order valence-electron chi connectivity index (χ1n) is 8.85. The Morgan fingerprint density at radius 3 is 2.46 bits per heavy atom. The molecule has 0 fully saturated rings. The van der Waals surface area contributed by atoms with Crippen LogP contribution < -0.4 is 0 Å². The summed E-state index contributed by atoms with van der Waals surface area (Å²) in [7, 11) is 0. The molecule has 0 unspecified atom stereocenters. The maximum atomic E-state index is 12.8. The van der Waals surface area contributed by atoms with Crippen LogP contribution in [0, 0.1) is 0 Å². The molecule has 146 valence electrons.